The fraction of sp³-hybridized carbons (Fsp3) is 0.583. The van der Waals surface area contributed by atoms with Gasteiger partial charge in [-0.3, -0.25) is 9.78 Å². The Morgan fingerprint density at radius 1 is 1.29 bits per heavy atom. The van der Waals surface area contributed by atoms with Crippen LogP contribution in [0.4, 0.5) is 11.6 Å². The molecule has 184 valence electrons. The Balaban J connectivity index is 1.44. The first kappa shape index (κ1) is 24.8. The third-order valence-corrected chi connectivity index (χ3v) is 7.23. The van der Waals surface area contributed by atoms with Gasteiger partial charge in [-0.25, -0.2) is 9.97 Å². The summed E-state index contributed by atoms with van der Waals surface area (Å²) in [5.74, 6) is 0.919. The Morgan fingerprint density at radius 3 is 2.88 bits per heavy atom. The molecule has 2 atom stereocenters. The highest BCUT2D eigenvalue weighted by Crippen LogP contribution is 2.34. The van der Waals surface area contributed by atoms with Crippen molar-refractivity contribution in [1.29, 1.82) is 0 Å². The van der Waals surface area contributed by atoms with E-state index in [1.54, 1.807) is 25.6 Å². The van der Waals surface area contributed by atoms with E-state index in [9.17, 15) is 4.79 Å². The van der Waals surface area contributed by atoms with Crippen molar-refractivity contribution >= 4 is 29.1 Å². The summed E-state index contributed by atoms with van der Waals surface area (Å²) in [4.78, 5) is 26.1. The number of hydrogen-bond donors (Lipinski definition) is 3. The molecule has 2 aliphatic heterocycles. The van der Waals surface area contributed by atoms with Gasteiger partial charge in [-0.05, 0) is 37.2 Å². The molecule has 2 aliphatic rings. The van der Waals surface area contributed by atoms with Crippen LogP contribution in [0.5, 0.6) is 0 Å². The maximum atomic E-state index is 12.7. The van der Waals surface area contributed by atoms with Crippen LogP contribution in [0.1, 0.15) is 32.6 Å². The Kier molecular flexibility index (Phi) is 8.31. The van der Waals surface area contributed by atoms with Gasteiger partial charge in [-0.2, -0.15) is 0 Å². The van der Waals surface area contributed by atoms with Crippen molar-refractivity contribution in [2.45, 2.75) is 38.6 Å². The minimum Gasteiger partial charge on any atom is -0.383 e. The van der Waals surface area contributed by atoms with Gasteiger partial charge in [0.05, 0.1) is 35.6 Å². The van der Waals surface area contributed by atoms with E-state index in [2.05, 4.69) is 32.8 Å². The molecule has 0 radical (unpaired) electrons. The maximum Gasteiger partial charge on any atom is 0.229 e. The molecule has 0 aliphatic carbocycles. The van der Waals surface area contributed by atoms with Gasteiger partial charge < -0.3 is 25.4 Å². The summed E-state index contributed by atoms with van der Waals surface area (Å²) < 4.78 is 10.7. The van der Waals surface area contributed by atoms with E-state index < -0.39 is 0 Å². The number of hydrogen-bond acceptors (Lipinski definition) is 8. The number of pyridine rings is 1. The minimum atomic E-state index is -0.135. The lowest BCUT2D eigenvalue weighted by molar-refractivity contribution is -0.119. The Bertz CT molecular complexity index is 985. The first-order valence-corrected chi connectivity index (χ1v) is 12.2. The Hall–Kier alpha value is -2.33. The predicted molar refractivity (Wildman–Crippen MR) is 132 cm³/mol. The smallest absolute Gasteiger partial charge is 0.229 e. The van der Waals surface area contributed by atoms with Crippen LogP contribution in [0.2, 0.25) is 5.02 Å². The zero-order valence-electron chi connectivity index (χ0n) is 19.8. The average molecular weight is 489 g/mol. The fourth-order valence-corrected chi connectivity index (χ4v) is 4.80. The van der Waals surface area contributed by atoms with E-state index >= 15 is 0 Å². The summed E-state index contributed by atoms with van der Waals surface area (Å²) in [5, 5.41) is 10.1. The number of amides is 1. The Morgan fingerprint density at radius 2 is 2.12 bits per heavy atom. The van der Waals surface area contributed by atoms with E-state index in [1.807, 2.05) is 0 Å². The molecule has 4 rings (SSSR count). The van der Waals surface area contributed by atoms with Crippen LogP contribution in [-0.4, -0.2) is 66.9 Å². The second-order valence-electron chi connectivity index (χ2n) is 9.14. The number of aromatic nitrogens is 3. The van der Waals surface area contributed by atoms with Crippen LogP contribution in [0.25, 0.3) is 11.3 Å². The summed E-state index contributed by atoms with van der Waals surface area (Å²) in [5.41, 5.74) is 1.49. The van der Waals surface area contributed by atoms with E-state index in [-0.39, 0.29) is 23.3 Å². The highest BCUT2D eigenvalue weighted by atomic mass is 35.5. The highest BCUT2D eigenvalue weighted by molar-refractivity contribution is 6.33. The predicted octanol–water partition coefficient (Wildman–Crippen LogP) is 3.37. The number of carbonyl (C=O) groups is 1. The highest BCUT2D eigenvalue weighted by Gasteiger charge is 2.31. The summed E-state index contributed by atoms with van der Waals surface area (Å²) in [6.45, 7) is 5.84. The standard InChI is InChI=1S/C24H33ClN6O3/c1-3-24(4-6-34-7-5-24)15-29-22-13-26-12-20(30-22)18-9-21(28-11-19(18)25)31-23(32)16-8-17(14-33-2)27-10-16/h9,11-13,16-17,27H,3-8,10,14-15H2,1-2H3,(H,29,30)(H,28,31,32)/t16-,17-/m1/s1. The number of carbonyl (C=O) groups excluding carboxylic acids is 1. The molecule has 4 heterocycles. The van der Waals surface area contributed by atoms with E-state index in [4.69, 9.17) is 26.1 Å². The molecule has 0 bridgehead atoms. The second kappa shape index (κ2) is 11.4. The van der Waals surface area contributed by atoms with Crippen molar-refractivity contribution in [2.24, 2.45) is 11.3 Å². The van der Waals surface area contributed by atoms with Crippen molar-refractivity contribution in [1.82, 2.24) is 20.3 Å². The van der Waals surface area contributed by atoms with Gasteiger partial charge >= 0.3 is 0 Å². The Labute approximate surface area is 205 Å². The third kappa shape index (κ3) is 6.02. The summed E-state index contributed by atoms with van der Waals surface area (Å²) in [6, 6.07) is 1.93. The van der Waals surface area contributed by atoms with E-state index in [0.717, 1.165) is 45.4 Å². The van der Waals surface area contributed by atoms with E-state index in [1.165, 1.54) is 6.20 Å². The van der Waals surface area contributed by atoms with E-state index in [0.29, 0.717) is 41.1 Å². The van der Waals surface area contributed by atoms with Gasteiger partial charge in [-0.1, -0.05) is 18.5 Å². The molecular formula is C24H33ClN6O3. The molecule has 2 fully saturated rings. The molecular weight excluding hydrogens is 456 g/mol. The fourth-order valence-electron chi connectivity index (χ4n) is 4.60. The van der Waals surface area contributed by atoms with Gasteiger partial charge in [0.2, 0.25) is 5.91 Å². The maximum absolute atomic E-state index is 12.7. The van der Waals surface area contributed by atoms with Crippen LogP contribution < -0.4 is 16.0 Å². The normalized spacial score (nSPS) is 21.9. The molecule has 2 saturated heterocycles. The number of nitrogens with one attached hydrogen (secondary N) is 3. The molecule has 0 unspecified atom stereocenters. The topological polar surface area (TPSA) is 110 Å². The summed E-state index contributed by atoms with van der Waals surface area (Å²) >= 11 is 6.44. The summed E-state index contributed by atoms with van der Waals surface area (Å²) in [6.07, 6.45) is 8.79. The quantitative estimate of drug-likeness (QED) is 0.492. The molecule has 0 saturated carbocycles. The van der Waals surface area contributed by atoms with Crippen molar-refractivity contribution < 1.29 is 14.3 Å². The van der Waals surface area contributed by atoms with Crippen LogP contribution >= 0.6 is 11.6 Å². The SMILES string of the molecule is CCC1(CNc2cncc(-c3cc(NC(=O)[C@H]4CN[C@@H](COC)C4)ncc3Cl)n2)CCOCC1. The van der Waals surface area contributed by atoms with Gasteiger partial charge in [-0.15, -0.1) is 0 Å². The van der Waals surface area contributed by atoms with Crippen molar-refractivity contribution in [3.63, 3.8) is 0 Å². The molecule has 1 amide bonds. The molecule has 10 heteroatoms. The number of rotatable bonds is 9. The average Bonchev–Trinajstić information content (AvgIpc) is 3.34. The first-order valence-electron chi connectivity index (χ1n) is 11.8. The van der Waals surface area contributed by atoms with Crippen LogP contribution in [0.15, 0.2) is 24.7 Å². The molecule has 2 aromatic rings. The van der Waals surface area contributed by atoms with Crippen LogP contribution in [0.3, 0.4) is 0 Å². The van der Waals surface area contributed by atoms with Crippen molar-refractivity contribution in [3.8, 4) is 11.3 Å². The third-order valence-electron chi connectivity index (χ3n) is 6.93. The lowest BCUT2D eigenvalue weighted by Gasteiger charge is -2.36. The zero-order valence-corrected chi connectivity index (χ0v) is 20.5. The monoisotopic (exact) mass is 488 g/mol. The first-order chi connectivity index (χ1) is 16.5. The minimum absolute atomic E-state index is 0.0743. The van der Waals surface area contributed by atoms with Gasteiger partial charge in [0.15, 0.2) is 0 Å². The van der Waals surface area contributed by atoms with Gasteiger partial charge in [0, 0.05) is 51.2 Å². The molecule has 9 nitrogen and oxygen atoms in total. The molecule has 2 aromatic heterocycles. The number of halogens is 1. The second-order valence-corrected chi connectivity index (χ2v) is 9.55. The molecule has 34 heavy (non-hydrogen) atoms. The van der Waals surface area contributed by atoms with Crippen LogP contribution in [0, 0.1) is 11.3 Å². The van der Waals surface area contributed by atoms with Crippen LogP contribution in [-0.2, 0) is 14.3 Å². The zero-order chi connectivity index (χ0) is 24.0. The van der Waals surface area contributed by atoms with Gasteiger partial charge in [0.1, 0.15) is 11.6 Å². The lowest BCUT2D eigenvalue weighted by Crippen LogP contribution is -2.35. The number of ether oxygens (including phenoxy) is 2. The molecule has 0 aromatic carbocycles. The lowest BCUT2D eigenvalue weighted by atomic mass is 9.78. The summed E-state index contributed by atoms with van der Waals surface area (Å²) in [7, 11) is 1.66. The molecule has 0 spiro atoms. The van der Waals surface area contributed by atoms with Gasteiger partial charge in [0.25, 0.3) is 0 Å². The molecule has 3 N–H and O–H groups in total. The number of anilines is 2. The largest absolute Gasteiger partial charge is 0.383 e. The number of nitrogens with zero attached hydrogens (tertiary/aromatic N) is 3. The van der Waals surface area contributed by atoms with Crippen molar-refractivity contribution in [2.75, 3.05) is 50.7 Å². The number of methoxy groups -OCH3 is 1. The van der Waals surface area contributed by atoms with Crippen molar-refractivity contribution in [3.05, 3.63) is 29.7 Å².